The first-order chi connectivity index (χ1) is 8.70. The van der Waals surface area contributed by atoms with Gasteiger partial charge in [-0.05, 0) is 31.9 Å². The van der Waals surface area contributed by atoms with Crippen LogP contribution in [0.3, 0.4) is 0 Å². The number of aliphatic hydroxyl groups is 1. The van der Waals surface area contributed by atoms with E-state index < -0.39 is 28.5 Å². The number of sulfonamides is 1. The molecule has 0 fully saturated rings. The van der Waals surface area contributed by atoms with E-state index in [9.17, 15) is 13.2 Å². The lowest BCUT2D eigenvalue weighted by molar-refractivity contribution is -0.122. The molecule has 0 saturated heterocycles. The standard InChI is InChI=1S/C13H19NO4S/c1-9-6-5-7-10(2)13(9)14(19(4,17)18)11(3)12(16)8-15/h5-7,11,15H,8H2,1-4H3. The SMILES string of the molecule is Cc1cccc(C)c1N(C(C)C(=O)CO)S(C)(=O)=O. The molecule has 0 saturated carbocycles. The first kappa shape index (κ1) is 15.7. The molecule has 0 aliphatic carbocycles. The van der Waals surface area contributed by atoms with Crippen LogP contribution in [-0.2, 0) is 14.8 Å². The van der Waals surface area contributed by atoms with Gasteiger partial charge in [0.25, 0.3) is 0 Å². The number of carbonyl (C=O) groups is 1. The fraction of sp³-hybridized carbons (Fsp3) is 0.462. The van der Waals surface area contributed by atoms with Gasteiger partial charge in [-0.2, -0.15) is 0 Å². The van der Waals surface area contributed by atoms with E-state index in [4.69, 9.17) is 5.11 Å². The molecule has 0 spiro atoms. The van der Waals surface area contributed by atoms with Crippen molar-refractivity contribution >= 4 is 21.5 Å². The molecule has 0 aliphatic heterocycles. The van der Waals surface area contributed by atoms with Gasteiger partial charge in [-0.3, -0.25) is 9.10 Å². The van der Waals surface area contributed by atoms with Crippen LogP contribution in [0.2, 0.25) is 0 Å². The van der Waals surface area contributed by atoms with Crippen molar-refractivity contribution in [1.29, 1.82) is 0 Å². The summed E-state index contributed by atoms with van der Waals surface area (Å²) in [5.41, 5.74) is 2.03. The fourth-order valence-electron chi connectivity index (χ4n) is 2.06. The second kappa shape index (κ2) is 5.71. The van der Waals surface area contributed by atoms with E-state index in [0.29, 0.717) is 5.69 Å². The number of rotatable bonds is 5. The van der Waals surface area contributed by atoms with Crippen LogP contribution < -0.4 is 4.31 Å². The van der Waals surface area contributed by atoms with Gasteiger partial charge in [0.1, 0.15) is 12.6 Å². The molecule has 0 heterocycles. The van der Waals surface area contributed by atoms with Crippen LogP contribution in [0.1, 0.15) is 18.1 Å². The number of hydrogen-bond donors (Lipinski definition) is 1. The summed E-state index contributed by atoms with van der Waals surface area (Å²) in [5, 5.41) is 8.93. The maximum atomic E-state index is 12.0. The van der Waals surface area contributed by atoms with Gasteiger partial charge in [-0.1, -0.05) is 18.2 Å². The highest BCUT2D eigenvalue weighted by Crippen LogP contribution is 2.28. The summed E-state index contributed by atoms with van der Waals surface area (Å²) in [4.78, 5) is 11.6. The minimum absolute atomic E-state index is 0.499. The zero-order valence-corrected chi connectivity index (χ0v) is 12.4. The van der Waals surface area contributed by atoms with Gasteiger partial charge in [0.2, 0.25) is 10.0 Å². The first-order valence-electron chi connectivity index (χ1n) is 5.89. The summed E-state index contributed by atoms with van der Waals surface area (Å²) in [5.74, 6) is -0.534. The third-order valence-electron chi connectivity index (χ3n) is 2.99. The van der Waals surface area contributed by atoms with E-state index in [1.54, 1.807) is 26.0 Å². The third-order valence-corrected chi connectivity index (χ3v) is 4.20. The number of Topliss-reactive ketones (excluding diaryl/α,β-unsaturated/α-hetero) is 1. The summed E-state index contributed by atoms with van der Waals surface area (Å²) in [6, 6.07) is 4.47. The van der Waals surface area contributed by atoms with E-state index in [2.05, 4.69) is 0 Å². The zero-order chi connectivity index (χ0) is 14.8. The molecule has 1 atom stereocenters. The minimum Gasteiger partial charge on any atom is -0.388 e. The highest BCUT2D eigenvalue weighted by Gasteiger charge is 2.30. The summed E-state index contributed by atoms with van der Waals surface area (Å²) < 4.78 is 25.1. The van der Waals surface area contributed by atoms with Crippen molar-refractivity contribution in [3.63, 3.8) is 0 Å². The van der Waals surface area contributed by atoms with Crippen molar-refractivity contribution < 1.29 is 18.3 Å². The Labute approximate surface area is 113 Å². The number of para-hydroxylation sites is 1. The summed E-state index contributed by atoms with van der Waals surface area (Å²) in [6.45, 7) is 4.37. The molecule has 1 aromatic carbocycles. The number of hydrogen-bond acceptors (Lipinski definition) is 4. The zero-order valence-electron chi connectivity index (χ0n) is 11.5. The van der Waals surface area contributed by atoms with Gasteiger partial charge < -0.3 is 5.11 Å². The van der Waals surface area contributed by atoms with Gasteiger partial charge in [-0.15, -0.1) is 0 Å². The van der Waals surface area contributed by atoms with Gasteiger partial charge in [-0.25, -0.2) is 8.42 Å². The van der Waals surface area contributed by atoms with Crippen molar-refractivity contribution in [2.45, 2.75) is 26.8 Å². The lowest BCUT2D eigenvalue weighted by atomic mass is 10.1. The predicted octanol–water partition coefficient (Wildman–Crippen LogP) is 1.02. The van der Waals surface area contributed by atoms with Gasteiger partial charge in [0.15, 0.2) is 5.78 Å². The van der Waals surface area contributed by atoms with E-state index in [0.717, 1.165) is 21.7 Å². The van der Waals surface area contributed by atoms with Gasteiger partial charge >= 0.3 is 0 Å². The number of benzene rings is 1. The lowest BCUT2D eigenvalue weighted by Crippen LogP contribution is -2.44. The molecule has 1 rings (SSSR count). The topological polar surface area (TPSA) is 74.7 Å². The van der Waals surface area contributed by atoms with Crippen molar-refractivity contribution in [3.8, 4) is 0 Å². The number of aryl methyl sites for hydroxylation is 2. The van der Waals surface area contributed by atoms with Crippen LogP contribution in [0.4, 0.5) is 5.69 Å². The number of nitrogens with zero attached hydrogens (tertiary/aromatic N) is 1. The maximum absolute atomic E-state index is 12.0. The van der Waals surface area contributed by atoms with E-state index >= 15 is 0 Å². The van der Waals surface area contributed by atoms with Gasteiger partial charge in [0.05, 0.1) is 11.9 Å². The predicted molar refractivity (Wildman–Crippen MR) is 74.8 cm³/mol. The summed E-state index contributed by atoms with van der Waals surface area (Å²) >= 11 is 0. The summed E-state index contributed by atoms with van der Waals surface area (Å²) in [6.07, 6.45) is 1.06. The number of carbonyl (C=O) groups excluding carboxylic acids is 1. The average Bonchev–Trinajstić information content (AvgIpc) is 2.30. The molecule has 6 heteroatoms. The van der Waals surface area contributed by atoms with Crippen LogP contribution >= 0.6 is 0 Å². The number of aliphatic hydroxyl groups excluding tert-OH is 1. The Kier molecular flexibility index (Phi) is 4.70. The Morgan fingerprint density at radius 1 is 1.32 bits per heavy atom. The van der Waals surface area contributed by atoms with Crippen molar-refractivity contribution in [1.82, 2.24) is 0 Å². The molecule has 1 aromatic rings. The largest absolute Gasteiger partial charge is 0.388 e. The molecule has 106 valence electrons. The Morgan fingerprint density at radius 3 is 2.16 bits per heavy atom. The van der Waals surface area contributed by atoms with E-state index in [1.165, 1.54) is 6.92 Å². The maximum Gasteiger partial charge on any atom is 0.232 e. The Morgan fingerprint density at radius 2 is 1.79 bits per heavy atom. The number of ketones is 1. The minimum atomic E-state index is -3.62. The van der Waals surface area contributed by atoms with Crippen LogP contribution in [-0.4, -0.2) is 38.2 Å². The molecule has 0 bridgehead atoms. The molecule has 1 unspecified atom stereocenters. The van der Waals surface area contributed by atoms with Crippen LogP contribution in [0, 0.1) is 13.8 Å². The smallest absolute Gasteiger partial charge is 0.232 e. The highest BCUT2D eigenvalue weighted by molar-refractivity contribution is 7.92. The molecule has 0 radical (unpaired) electrons. The first-order valence-corrected chi connectivity index (χ1v) is 7.74. The fourth-order valence-corrected chi connectivity index (χ4v) is 3.37. The second-order valence-electron chi connectivity index (χ2n) is 4.60. The van der Waals surface area contributed by atoms with Crippen LogP contribution in [0.15, 0.2) is 18.2 Å². The Hall–Kier alpha value is -1.40. The molecule has 0 aromatic heterocycles. The van der Waals surface area contributed by atoms with Crippen LogP contribution in [0.5, 0.6) is 0 Å². The summed E-state index contributed by atoms with van der Waals surface area (Å²) in [7, 11) is -3.62. The highest BCUT2D eigenvalue weighted by atomic mass is 32.2. The molecule has 5 nitrogen and oxygen atoms in total. The molecule has 19 heavy (non-hydrogen) atoms. The molecule has 0 amide bonds. The van der Waals surface area contributed by atoms with Crippen molar-refractivity contribution in [3.05, 3.63) is 29.3 Å². The molecule has 1 N–H and O–H groups in total. The average molecular weight is 285 g/mol. The quantitative estimate of drug-likeness (QED) is 0.876. The lowest BCUT2D eigenvalue weighted by Gasteiger charge is -2.30. The van der Waals surface area contributed by atoms with Crippen molar-refractivity contribution in [2.24, 2.45) is 0 Å². The van der Waals surface area contributed by atoms with Crippen LogP contribution in [0.25, 0.3) is 0 Å². The molecular weight excluding hydrogens is 266 g/mol. The Bertz CT molecular complexity index is 560. The van der Waals surface area contributed by atoms with E-state index in [-0.39, 0.29) is 0 Å². The van der Waals surface area contributed by atoms with E-state index in [1.807, 2.05) is 6.07 Å². The molecule has 0 aliphatic rings. The third kappa shape index (κ3) is 3.33. The monoisotopic (exact) mass is 285 g/mol. The Balaban J connectivity index is 3.47. The molecular formula is C13H19NO4S. The normalized spacial score (nSPS) is 13.1. The number of anilines is 1. The van der Waals surface area contributed by atoms with Gasteiger partial charge in [0, 0.05) is 0 Å². The van der Waals surface area contributed by atoms with Crippen molar-refractivity contribution in [2.75, 3.05) is 17.2 Å². The second-order valence-corrected chi connectivity index (χ2v) is 6.46.